The molecule has 1 atom stereocenters. The zero-order chi connectivity index (χ0) is 24.0. The van der Waals surface area contributed by atoms with Crippen LogP contribution in [0.2, 0.25) is 0 Å². The van der Waals surface area contributed by atoms with Crippen molar-refractivity contribution in [2.24, 2.45) is 11.7 Å². The molecule has 8 nitrogen and oxygen atoms in total. The molecule has 1 aliphatic rings. The summed E-state index contributed by atoms with van der Waals surface area (Å²) in [5, 5.41) is 5.36. The first-order valence-corrected chi connectivity index (χ1v) is 11.0. The van der Waals surface area contributed by atoms with Crippen LogP contribution in [0.4, 0.5) is 0 Å². The van der Waals surface area contributed by atoms with Crippen LogP contribution in [0, 0.1) is 5.92 Å². The number of nitrogens with one attached hydrogen (secondary N) is 2. The predicted molar refractivity (Wildman–Crippen MR) is 124 cm³/mol. The molecule has 0 saturated heterocycles. The first kappa shape index (κ1) is 24.0. The van der Waals surface area contributed by atoms with Gasteiger partial charge in [-0.1, -0.05) is 50.2 Å². The lowest BCUT2D eigenvalue weighted by molar-refractivity contribution is -0.142. The van der Waals surface area contributed by atoms with E-state index in [2.05, 4.69) is 10.6 Å². The van der Waals surface area contributed by atoms with Crippen molar-refractivity contribution >= 4 is 23.6 Å². The Kier molecular flexibility index (Phi) is 7.82. The van der Waals surface area contributed by atoms with E-state index in [1.165, 1.54) is 0 Å². The van der Waals surface area contributed by atoms with Gasteiger partial charge < -0.3 is 21.3 Å². The number of primary amides is 1. The number of rotatable bonds is 8. The minimum Gasteiger partial charge on any atom is -0.368 e. The molecule has 0 radical (unpaired) electrons. The van der Waals surface area contributed by atoms with E-state index < -0.39 is 17.9 Å². The second kappa shape index (κ2) is 10.8. The molecule has 0 bridgehead atoms. The third kappa shape index (κ3) is 6.41. The first-order chi connectivity index (χ1) is 15.7. The largest absolute Gasteiger partial charge is 0.368 e. The fourth-order valence-corrected chi connectivity index (χ4v) is 3.84. The van der Waals surface area contributed by atoms with Gasteiger partial charge in [0.1, 0.15) is 6.04 Å². The molecule has 33 heavy (non-hydrogen) atoms. The molecule has 8 heteroatoms. The first-order valence-electron chi connectivity index (χ1n) is 11.0. The minimum atomic E-state index is -0.617. The van der Waals surface area contributed by atoms with Gasteiger partial charge in [-0.15, -0.1) is 0 Å². The van der Waals surface area contributed by atoms with Gasteiger partial charge in [0, 0.05) is 31.5 Å². The van der Waals surface area contributed by atoms with E-state index in [0.717, 1.165) is 16.7 Å². The van der Waals surface area contributed by atoms with Gasteiger partial charge in [-0.25, -0.2) is 0 Å². The average Bonchev–Trinajstić information content (AvgIpc) is 2.80. The fourth-order valence-electron chi connectivity index (χ4n) is 3.84. The number of nitrogens with two attached hydrogens (primary N) is 1. The fraction of sp³-hybridized carbons (Fsp3) is 0.360. The second-order valence-electron chi connectivity index (χ2n) is 8.67. The molecule has 1 unspecified atom stereocenters. The summed E-state index contributed by atoms with van der Waals surface area (Å²) in [6, 6.07) is 14.0. The molecule has 4 amide bonds. The smallest absolute Gasteiger partial charge is 0.251 e. The minimum absolute atomic E-state index is 0.0222. The van der Waals surface area contributed by atoms with E-state index >= 15 is 0 Å². The SMILES string of the molecule is CC(C)CC(=O)N1Cc2ccccc2CC1C(=O)NCc1ccc(C(=O)NCC(N)=O)cc1. The summed E-state index contributed by atoms with van der Waals surface area (Å²) < 4.78 is 0. The standard InChI is InChI=1S/C25H30N4O4/c1-16(2)11-23(31)29-15-20-6-4-3-5-19(20)12-21(29)25(33)27-13-17-7-9-18(10-8-17)24(32)28-14-22(26)30/h3-10,16,21H,11-15H2,1-2H3,(H2,26,30)(H,27,33)(H,28,32). The molecular formula is C25H30N4O4. The van der Waals surface area contributed by atoms with Crippen molar-refractivity contribution in [3.8, 4) is 0 Å². The number of benzene rings is 2. The highest BCUT2D eigenvalue weighted by atomic mass is 16.2. The Hall–Kier alpha value is -3.68. The second-order valence-corrected chi connectivity index (χ2v) is 8.67. The van der Waals surface area contributed by atoms with Crippen molar-refractivity contribution in [3.63, 3.8) is 0 Å². The number of fused-ring (bicyclic) bond motifs is 1. The third-order valence-corrected chi connectivity index (χ3v) is 5.56. The van der Waals surface area contributed by atoms with Crippen molar-refractivity contribution in [1.82, 2.24) is 15.5 Å². The van der Waals surface area contributed by atoms with E-state index in [9.17, 15) is 19.2 Å². The number of nitrogens with zero attached hydrogens (tertiary/aromatic N) is 1. The maximum absolute atomic E-state index is 13.1. The molecule has 1 aliphatic heterocycles. The zero-order valence-corrected chi connectivity index (χ0v) is 19.0. The molecule has 174 valence electrons. The van der Waals surface area contributed by atoms with Gasteiger partial charge in [-0.2, -0.15) is 0 Å². The van der Waals surface area contributed by atoms with E-state index in [0.29, 0.717) is 24.9 Å². The van der Waals surface area contributed by atoms with E-state index in [1.54, 1.807) is 29.2 Å². The summed E-state index contributed by atoms with van der Waals surface area (Å²) in [5.74, 6) is -1.04. The molecule has 1 heterocycles. The van der Waals surface area contributed by atoms with Crippen LogP contribution in [0.25, 0.3) is 0 Å². The number of carbonyl (C=O) groups excluding carboxylic acids is 4. The van der Waals surface area contributed by atoms with Crippen LogP contribution in [0.1, 0.15) is 47.3 Å². The summed E-state index contributed by atoms with van der Waals surface area (Å²) in [7, 11) is 0. The van der Waals surface area contributed by atoms with Crippen molar-refractivity contribution in [1.29, 1.82) is 0 Å². The van der Waals surface area contributed by atoms with Crippen LogP contribution in [-0.4, -0.2) is 41.1 Å². The summed E-state index contributed by atoms with van der Waals surface area (Å²) in [5.41, 5.74) is 8.39. The van der Waals surface area contributed by atoms with Crippen molar-refractivity contribution in [3.05, 3.63) is 70.8 Å². The van der Waals surface area contributed by atoms with Crippen LogP contribution >= 0.6 is 0 Å². The Morgan fingerprint density at radius 1 is 1.00 bits per heavy atom. The van der Waals surface area contributed by atoms with Gasteiger partial charge in [-0.05, 0) is 34.7 Å². The molecule has 0 fully saturated rings. The highest BCUT2D eigenvalue weighted by Gasteiger charge is 2.34. The maximum Gasteiger partial charge on any atom is 0.251 e. The Labute approximate surface area is 193 Å². The number of hydrogen-bond donors (Lipinski definition) is 3. The molecule has 0 aromatic heterocycles. The van der Waals surface area contributed by atoms with Gasteiger partial charge in [0.15, 0.2) is 0 Å². The number of carbonyl (C=O) groups is 4. The van der Waals surface area contributed by atoms with Crippen LogP contribution in [0.5, 0.6) is 0 Å². The Morgan fingerprint density at radius 2 is 1.67 bits per heavy atom. The van der Waals surface area contributed by atoms with Crippen molar-refractivity contribution in [2.45, 2.75) is 45.8 Å². The molecule has 4 N–H and O–H groups in total. The van der Waals surface area contributed by atoms with Crippen LogP contribution in [-0.2, 0) is 33.9 Å². The van der Waals surface area contributed by atoms with Gasteiger partial charge in [0.05, 0.1) is 6.54 Å². The molecule has 2 aromatic carbocycles. The zero-order valence-electron chi connectivity index (χ0n) is 19.0. The molecule has 0 spiro atoms. The highest BCUT2D eigenvalue weighted by molar-refractivity contribution is 5.96. The average molecular weight is 451 g/mol. The van der Waals surface area contributed by atoms with E-state index in [-0.39, 0.29) is 30.8 Å². The molecular weight excluding hydrogens is 420 g/mol. The van der Waals surface area contributed by atoms with Gasteiger partial charge >= 0.3 is 0 Å². The number of amides is 4. The maximum atomic E-state index is 13.1. The van der Waals surface area contributed by atoms with E-state index in [4.69, 9.17) is 5.73 Å². The quantitative estimate of drug-likeness (QED) is 0.564. The Balaban J connectivity index is 1.65. The summed E-state index contributed by atoms with van der Waals surface area (Å²) in [6.45, 7) is 4.44. The predicted octanol–water partition coefficient (Wildman–Crippen LogP) is 1.52. The molecule has 0 saturated carbocycles. The summed E-state index contributed by atoms with van der Waals surface area (Å²) in [4.78, 5) is 50.4. The van der Waals surface area contributed by atoms with Gasteiger partial charge in [0.2, 0.25) is 17.7 Å². The lowest BCUT2D eigenvalue weighted by atomic mass is 9.92. The molecule has 0 aliphatic carbocycles. The Morgan fingerprint density at radius 3 is 2.30 bits per heavy atom. The molecule has 3 rings (SSSR count). The summed E-state index contributed by atoms with van der Waals surface area (Å²) in [6.07, 6.45) is 0.871. The van der Waals surface area contributed by atoms with Crippen molar-refractivity contribution < 1.29 is 19.2 Å². The van der Waals surface area contributed by atoms with Crippen LogP contribution < -0.4 is 16.4 Å². The lowest BCUT2D eigenvalue weighted by Gasteiger charge is -2.36. The van der Waals surface area contributed by atoms with Crippen LogP contribution in [0.15, 0.2) is 48.5 Å². The Bertz CT molecular complexity index is 1030. The van der Waals surface area contributed by atoms with Gasteiger partial charge in [0.25, 0.3) is 5.91 Å². The summed E-state index contributed by atoms with van der Waals surface area (Å²) >= 11 is 0. The highest BCUT2D eigenvalue weighted by Crippen LogP contribution is 2.25. The number of hydrogen-bond acceptors (Lipinski definition) is 4. The monoisotopic (exact) mass is 450 g/mol. The normalized spacial score (nSPS) is 15.0. The van der Waals surface area contributed by atoms with Crippen LogP contribution in [0.3, 0.4) is 0 Å². The molecule has 2 aromatic rings. The van der Waals surface area contributed by atoms with Crippen molar-refractivity contribution in [2.75, 3.05) is 6.54 Å². The topological polar surface area (TPSA) is 122 Å². The third-order valence-electron chi connectivity index (χ3n) is 5.56. The van der Waals surface area contributed by atoms with Gasteiger partial charge in [-0.3, -0.25) is 19.2 Å². The van der Waals surface area contributed by atoms with E-state index in [1.807, 2.05) is 38.1 Å². The lowest BCUT2D eigenvalue weighted by Crippen LogP contribution is -2.52.